The zero-order valence-corrected chi connectivity index (χ0v) is 9.94. The molecule has 1 heterocycles. The van der Waals surface area contributed by atoms with E-state index >= 15 is 0 Å². The predicted octanol–water partition coefficient (Wildman–Crippen LogP) is 2.66. The molecule has 1 fully saturated rings. The standard InChI is InChI=1S/C13H18N2O/c1-3-8-15(12-4-5-12)13-9-11(10(2)16)6-7-14-13/h6-7,9,12H,3-5,8H2,1-2H3. The first-order valence-electron chi connectivity index (χ1n) is 5.96. The normalized spacial score (nSPS) is 14.9. The summed E-state index contributed by atoms with van der Waals surface area (Å²) in [7, 11) is 0. The Kier molecular flexibility index (Phi) is 3.22. The minimum atomic E-state index is 0.107. The van der Waals surface area contributed by atoms with Crippen molar-refractivity contribution >= 4 is 11.6 Å². The fraction of sp³-hybridized carbons (Fsp3) is 0.538. The molecular weight excluding hydrogens is 200 g/mol. The van der Waals surface area contributed by atoms with E-state index in [4.69, 9.17) is 0 Å². The molecule has 1 aliphatic rings. The van der Waals surface area contributed by atoms with Crippen LogP contribution in [0.2, 0.25) is 0 Å². The summed E-state index contributed by atoms with van der Waals surface area (Å²) in [5, 5.41) is 0. The number of anilines is 1. The van der Waals surface area contributed by atoms with Gasteiger partial charge in [0.05, 0.1) is 0 Å². The first kappa shape index (κ1) is 11.1. The molecule has 0 bridgehead atoms. The maximum Gasteiger partial charge on any atom is 0.159 e. The van der Waals surface area contributed by atoms with Crippen molar-refractivity contribution in [1.82, 2.24) is 4.98 Å². The maximum absolute atomic E-state index is 11.3. The molecule has 0 N–H and O–H groups in total. The first-order chi connectivity index (χ1) is 7.72. The molecule has 0 unspecified atom stereocenters. The Morgan fingerprint density at radius 2 is 2.31 bits per heavy atom. The number of aromatic nitrogens is 1. The molecule has 16 heavy (non-hydrogen) atoms. The minimum absolute atomic E-state index is 0.107. The van der Waals surface area contributed by atoms with Crippen LogP contribution >= 0.6 is 0 Å². The van der Waals surface area contributed by atoms with Gasteiger partial charge in [0.25, 0.3) is 0 Å². The lowest BCUT2D eigenvalue weighted by Crippen LogP contribution is -2.27. The summed E-state index contributed by atoms with van der Waals surface area (Å²) in [6.45, 7) is 4.80. The molecule has 0 radical (unpaired) electrons. The molecule has 1 aromatic rings. The van der Waals surface area contributed by atoms with E-state index < -0.39 is 0 Å². The monoisotopic (exact) mass is 218 g/mol. The predicted molar refractivity (Wildman–Crippen MR) is 64.9 cm³/mol. The molecule has 0 aromatic carbocycles. The summed E-state index contributed by atoms with van der Waals surface area (Å²) < 4.78 is 0. The third kappa shape index (κ3) is 2.40. The van der Waals surface area contributed by atoms with Gasteiger partial charge in [-0.15, -0.1) is 0 Å². The second-order valence-electron chi connectivity index (χ2n) is 4.38. The summed E-state index contributed by atoms with van der Waals surface area (Å²) in [4.78, 5) is 18.0. The number of pyridine rings is 1. The summed E-state index contributed by atoms with van der Waals surface area (Å²) in [5.41, 5.74) is 0.756. The Hall–Kier alpha value is -1.38. The zero-order valence-electron chi connectivity index (χ0n) is 9.94. The Bertz CT molecular complexity index is 385. The van der Waals surface area contributed by atoms with Crippen LogP contribution < -0.4 is 4.90 Å². The van der Waals surface area contributed by atoms with Crippen LogP contribution in [0.15, 0.2) is 18.3 Å². The summed E-state index contributed by atoms with van der Waals surface area (Å²) >= 11 is 0. The maximum atomic E-state index is 11.3. The van der Waals surface area contributed by atoms with E-state index in [-0.39, 0.29) is 5.78 Å². The van der Waals surface area contributed by atoms with Gasteiger partial charge in [0.1, 0.15) is 5.82 Å². The van der Waals surface area contributed by atoms with Gasteiger partial charge in [0.2, 0.25) is 0 Å². The Morgan fingerprint density at radius 1 is 1.56 bits per heavy atom. The average Bonchev–Trinajstić information content (AvgIpc) is 3.10. The molecule has 0 aliphatic heterocycles. The molecule has 0 spiro atoms. The largest absolute Gasteiger partial charge is 0.354 e. The van der Waals surface area contributed by atoms with Crippen LogP contribution in [-0.4, -0.2) is 23.4 Å². The highest BCUT2D eigenvalue weighted by molar-refractivity contribution is 5.94. The molecule has 3 nitrogen and oxygen atoms in total. The topological polar surface area (TPSA) is 33.2 Å². The molecule has 1 aromatic heterocycles. The van der Waals surface area contributed by atoms with Crippen LogP contribution in [0.3, 0.4) is 0 Å². The summed E-state index contributed by atoms with van der Waals surface area (Å²) in [6, 6.07) is 4.34. The van der Waals surface area contributed by atoms with Gasteiger partial charge in [0.15, 0.2) is 5.78 Å². The number of Topliss-reactive ketones (excluding diaryl/α,β-unsaturated/α-hetero) is 1. The van der Waals surface area contributed by atoms with Gasteiger partial charge in [-0.2, -0.15) is 0 Å². The van der Waals surface area contributed by atoms with Crippen molar-refractivity contribution in [3.05, 3.63) is 23.9 Å². The quantitative estimate of drug-likeness (QED) is 0.712. The second-order valence-corrected chi connectivity index (χ2v) is 4.38. The molecule has 1 saturated carbocycles. The number of rotatable bonds is 5. The van der Waals surface area contributed by atoms with Gasteiger partial charge in [-0.25, -0.2) is 4.98 Å². The molecular formula is C13H18N2O. The molecule has 0 saturated heterocycles. The van der Waals surface area contributed by atoms with Crippen molar-refractivity contribution in [3.8, 4) is 0 Å². The van der Waals surface area contributed by atoms with Gasteiger partial charge < -0.3 is 4.90 Å². The van der Waals surface area contributed by atoms with Gasteiger partial charge >= 0.3 is 0 Å². The van der Waals surface area contributed by atoms with Crippen molar-refractivity contribution in [3.63, 3.8) is 0 Å². The Balaban J connectivity index is 2.22. The van der Waals surface area contributed by atoms with Gasteiger partial charge in [-0.05, 0) is 38.3 Å². The van der Waals surface area contributed by atoms with Crippen LogP contribution in [0.25, 0.3) is 0 Å². The molecule has 2 rings (SSSR count). The van der Waals surface area contributed by atoms with E-state index in [9.17, 15) is 4.79 Å². The number of ketones is 1. The fourth-order valence-electron chi connectivity index (χ4n) is 1.91. The van der Waals surface area contributed by atoms with E-state index in [0.717, 1.165) is 24.3 Å². The van der Waals surface area contributed by atoms with Crippen LogP contribution in [0.5, 0.6) is 0 Å². The van der Waals surface area contributed by atoms with Gasteiger partial charge in [-0.3, -0.25) is 4.79 Å². The number of carbonyl (C=O) groups excluding carboxylic acids is 1. The number of carbonyl (C=O) groups is 1. The number of hydrogen-bond acceptors (Lipinski definition) is 3. The SMILES string of the molecule is CCCN(c1cc(C(C)=O)ccn1)C1CC1. The van der Waals surface area contributed by atoms with Crippen molar-refractivity contribution in [1.29, 1.82) is 0 Å². The van der Waals surface area contributed by atoms with E-state index in [1.807, 2.05) is 6.07 Å². The van der Waals surface area contributed by atoms with Crippen LogP contribution in [0.1, 0.15) is 43.5 Å². The molecule has 0 atom stereocenters. The van der Waals surface area contributed by atoms with Crippen LogP contribution in [-0.2, 0) is 0 Å². The Labute approximate surface area is 96.5 Å². The minimum Gasteiger partial charge on any atom is -0.354 e. The average molecular weight is 218 g/mol. The van der Waals surface area contributed by atoms with Crippen molar-refractivity contribution in [2.45, 2.75) is 39.2 Å². The molecule has 3 heteroatoms. The molecule has 1 aliphatic carbocycles. The molecule has 86 valence electrons. The van der Waals surface area contributed by atoms with Crippen LogP contribution in [0, 0.1) is 0 Å². The third-order valence-electron chi connectivity index (χ3n) is 2.90. The lowest BCUT2D eigenvalue weighted by molar-refractivity contribution is 0.101. The lowest BCUT2D eigenvalue weighted by atomic mass is 10.2. The zero-order chi connectivity index (χ0) is 11.5. The lowest BCUT2D eigenvalue weighted by Gasteiger charge is -2.23. The fourth-order valence-corrected chi connectivity index (χ4v) is 1.91. The first-order valence-corrected chi connectivity index (χ1v) is 5.96. The van der Waals surface area contributed by atoms with Crippen molar-refractivity contribution in [2.75, 3.05) is 11.4 Å². The highest BCUT2D eigenvalue weighted by Gasteiger charge is 2.29. The summed E-state index contributed by atoms with van der Waals surface area (Å²) in [5.74, 6) is 1.06. The molecule has 0 amide bonds. The van der Waals surface area contributed by atoms with Crippen molar-refractivity contribution in [2.24, 2.45) is 0 Å². The highest BCUT2D eigenvalue weighted by atomic mass is 16.1. The van der Waals surface area contributed by atoms with E-state index in [1.165, 1.54) is 12.8 Å². The van der Waals surface area contributed by atoms with E-state index in [1.54, 1.807) is 19.2 Å². The van der Waals surface area contributed by atoms with Gasteiger partial charge in [0, 0.05) is 24.3 Å². The number of nitrogens with zero attached hydrogens (tertiary/aromatic N) is 2. The second kappa shape index (κ2) is 4.64. The highest BCUT2D eigenvalue weighted by Crippen LogP contribution is 2.30. The van der Waals surface area contributed by atoms with Crippen LogP contribution in [0.4, 0.5) is 5.82 Å². The van der Waals surface area contributed by atoms with E-state index in [0.29, 0.717) is 6.04 Å². The smallest absolute Gasteiger partial charge is 0.159 e. The Morgan fingerprint density at radius 3 is 2.88 bits per heavy atom. The van der Waals surface area contributed by atoms with Crippen molar-refractivity contribution < 1.29 is 4.79 Å². The van der Waals surface area contributed by atoms with Gasteiger partial charge in [-0.1, -0.05) is 6.92 Å². The van der Waals surface area contributed by atoms with E-state index in [2.05, 4.69) is 16.8 Å². The summed E-state index contributed by atoms with van der Waals surface area (Å²) in [6.07, 6.45) is 5.36. The third-order valence-corrected chi connectivity index (χ3v) is 2.90. The number of hydrogen-bond donors (Lipinski definition) is 0.